The van der Waals surface area contributed by atoms with Crippen LogP contribution in [0.5, 0.6) is 5.75 Å². The first-order chi connectivity index (χ1) is 10.1. The summed E-state index contributed by atoms with van der Waals surface area (Å²) in [7, 11) is 0. The number of aryl methyl sites for hydroxylation is 1. The van der Waals surface area contributed by atoms with Crippen LogP contribution in [0.25, 0.3) is 0 Å². The fourth-order valence-electron chi connectivity index (χ4n) is 2.54. The van der Waals surface area contributed by atoms with Crippen LogP contribution in [0.4, 0.5) is 0 Å². The van der Waals surface area contributed by atoms with Crippen molar-refractivity contribution in [2.45, 2.75) is 78.2 Å². The smallest absolute Gasteiger partial charge is 0.122 e. The second-order valence-electron chi connectivity index (χ2n) is 6.14. The van der Waals surface area contributed by atoms with Crippen molar-refractivity contribution in [3.05, 3.63) is 29.3 Å². The molecule has 21 heavy (non-hydrogen) atoms. The first kappa shape index (κ1) is 18.0. The van der Waals surface area contributed by atoms with Gasteiger partial charge in [-0.25, -0.2) is 0 Å². The molecule has 0 aliphatic carbocycles. The topological polar surface area (TPSA) is 35.2 Å². The van der Waals surface area contributed by atoms with E-state index < -0.39 is 0 Å². The van der Waals surface area contributed by atoms with E-state index in [9.17, 15) is 0 Å². The second kappa shape index (κ2) is 10.7. The summed E-state index contributed by atoms with van der Waals surface area (Å²) in [6.45, 7) is 7.19. The number of nitrogens with two attached hydrogens (primary N) is 1. The van der Waals surface area contributed by atoms with Gasteiger partial charge in [-0.2, -0.15) is 0 Å². The van der Waals surface area contributed by atoms with Crippen LogP contribution in [-0.2, 0) is 0 Å². The molecule has 0 amide bonds. The highest BCUT2D eigenvalue weighted by molar-refractivity contribution is 5.37. The molecule has 1 unspecified atom stereocenters. The van der Waals surface area contributed by atoms with Crippen LogP contribution in [0.15, 0.2) is 18.2 Å². The standard InChI is InChI=1S/C19H33NO/c1-4-5-6-7-8-9-10-11-14-21-19-13-12-18(17(3)20)15-16(19)2/h12-13,15,17H,4-11,14,20H2,1-3H3. The first-order valence-corrected chi connectivity index (χ1v) is 8.64. The van der Waals surface area contributed by atoms with Crippen molar-refractivity contribution in [2.24, 2.45) is 5.73 Å². The zero-order valence-corrected chi connectivity index (χ0v) is 14.2. The highest BCUT2D eigenvalue weighted by atomic mass is 16.5. The summed E-state index contributed by atoms with van der Waals surface area (Å²) in [6, 6.07) is 6.35. The Balaban J connectivity index is 2.13. The molecule has 1 aromatic carbocycles. The van der Waals surface area contributed by atoms with Gasteiger partial charge in [-0.15, -0.1) is 0 Å². The van der Waals surface area contributed by atoms with Crippen LogP contribution in [-0.4, -0.2) is 6.61 Å². The third-order valence-electron chi connectivity index (χ3n) is 3.98. The molecule has 0 bridgehead atoms. The molecule has 0 fully saturated rings. The normalized spacial score (nSPS) is 12.4. The molecule has 0 aromatic heterocycles. The first-order valence-electron chi connectivity index (χ1n) is 8.64. The number of hydrogen-bond donors (Lipinski definition) is 1. The fourth-order valence-corrected chi connectivity index (χ4v) is 2.54. The third kappa shape index (κ3) is 7.52. The molecule has 2 heteroatoms. The van der Waals surface area contributed by atoms with Crippen molar-refractivity contribution >= 4 is 0 Å². The molecule has 1 rings (SSSR count). The van der Waals surface area contributed by atoms with Gasteiger partial charge in [-0.05, 0) is 37.5 Å². The predicted molar refractivity (Wildman–Crippen MR) is 91.9 cm³/mol. The summed E-state index contributed by atoms with van der Waals surface area (Å²) in [5.41, 5.74) is 8.25. The molecule has 0 radical (unpaired) electrons. The summed E-state index contributed by atoms with van der Waals surface area (Å²) in [6.07, 6.45) is 10.7. The van der Waals surface area contributed by atoms with E-state index in [0.717, 1.165) is 18.8 Å². The van der Waals surface area contributed by atoms with Gasteiger partial charge in [0, 0.05) is 6.04 Å². The summed E-state index contributed by atoms with van der Waals surface area (Å²) in [5.74, 6) is 1.00. The molecule has 120 valence electrons. The van der Waals surface area contributed by atoms with Gasteiger partial charge < -0.3 is 10.5 Å². The molecule has 0 spiro atoms. The molecular weight excluding hydrogens is 258 g/mol. The van der Waals surface area contributed by atoms with Gasteiger partial charge in [-0.3, -0.25) is 0 Å². The lowest BCUT2D eigenvalue weighted by Gasteiger charge is -2.12. The van der Waals surface area contributed by atoms with Gasteiger partial charge in [0.2, 0.25) is 0 Å². The fraction of sp³-hybridized carbons (Fsp3) is 0.684. The minimum atomic E-state index is 0.0884. The molecule has 1 atom stereocenters. The summed E-state index contributed by atoms with van der Waals surface area (Å²) in [5, 5.41) is 0. The Morgan fingerprint density at radius 1 is 1.00 bits per heavy atom. The monoisotopic (exact) mass is 291 g/mol. The third-order valence-corrected chi connectivity index (χ3v) is 3.98. The number of rotatable bonds is 11. The van der Waals surface area contributed by atoms with Crippen molar-refractivity contribution in [1.29, 1.82) is 0 Å². The van der Waals surface area contributed by atoms with E-state index in [-0.39, 0.29) is 6.04 Å². The summed E-state index contributed by atoms with van der Waals surface area (Å²) >= 11 is 0. The van der Waals surface area contributed by atoms with Crippen LogP contribution in [0.3, 0.4) is 0 Å². The predicted octanol–water partition coefficient (Wildman–Crippen LogP) is 5.53. The maximum Gasteiger partial charge on any atom is 0.122 e. The molecular formula is C19H33NO. The Morgan fingerprint density at radius 2 is 1.62 bits per heavy atom. The van der Waals surface area contributed by atoms with Crippen molar-refractivity contribution < 1.29 is 4.74 Å². The molecule has 0 saturated heterocycles. The van der Waals surface area contributed by atoms with E-state index in [4.69, 9.17) is 10.5 Å². The molecule has 0 aliphatic heterocycles. The van der Waals surface area contributed by atoms with Crippen LogP contribution >= 0.6 is 0 Å². The Labute approximate surface area is 131 Å². The second-order valence-corrected chi connectivity index (χ2v) is 6.14. The highest BCUT2D eigenvalue weighted by Gasteiger charge is 2.04. The van der Waals surface area contributed by atoms with Gasteiger partial charge >= 0.3 is 0 Å². The van der Waals surface area contributed by atoms with Gasteiger partial charge in [0.15, 0.2) is 0 Å². The largest absolute Gasteiger partial charge is 0.493 e. The van der Waals surface area contributed by atoms with Gasteiger partial charge in [0.05, 0.1) is 6.61 Å². The molecule has 0 aliphatic rings. The zero-order chi connectivity index (χ0) is 15.5. The summed E-state index contributed by atoms with van der Waals surface area (Å²) in [4.78, 5) is 0. The molecule has 2 nitrogen and oxygen atoms in total. The maximum atomic E-state index is 5.89. The molecule has 0 heterocycles. The minimum Gasteiger partial charge on any atom is -0.493 e. The quantitative estimate of drug-likeness (QED) is 0.544. The Morgan fingerprint density at radius 3 is 2.19 bits per heavy atom. The molecule has 1 aromatic rings. The van der Waals surface area contributed by atoms with Crippen LogP contribution in [0, 0.1) is 6.92 Å². The van der Waals surface area contributed by atoms with E-state index >= 15 is 0 Å². The molecule has 2 N–H and O–H groups in total. The van der Waals surface area contributed by atoms with Gasteiger partial charge in [-0.1, -0.05) is 64.0 Å². The average molecular weight is 291 g/mol. The number of ether oxygens (including phenoxy) is 1. The highest BCUT2D eigenvalue weighted by Crippen LogP contribution is 2.22. The Bertz CT molecular complexity index is 387. The van der Waals surface area contributed by atoms with Crippen LogP contribution < -0.4 is 10.5 Å². The van der Waals surface area contributed by atoms with Crippen LogP contribution in [0.1, 0.15) is 82.4 Å². The SMILES string of the molecule is CCCCCCCCCCOc1ccc(C(C)N)cc1C. The Kier molecular flexibility index (Phi) is 9.16. The molecule has 0 saturated carbocycles. The average Bonchev–Trinajstić information content (AvgIpc) is 2.46. The summed E-state index contributed by atoms with van der Waals surface area (Å²) < 4.78 is 5.88. The lowest BCUT2D eigenvalue weighted by molar-refractivity contribution is 0.302. The van der Waals surface area contributed by atoms with E-state index in [2.05, 4.69) is 32.0 Å². The lowest BCUT2D eigenvalue weighted by atomic mass is 10.1. The maximum absolute atomic E-state index is 5.89. The zero-order valence-electron chi connectivity index (χ0n) is 14.2. The van der Waals surface area contributed by atoms with E-state index in [1.165, 1.54) is 56.1 Å². The van der Waals surface area contributed by atoms with E-state index in [0.29, 0.717) is 0 Å². The van der Waals surface area contributed by atoms with Crippen molar-refractivity contribution in [2.75, 3.05) is 6.61 Å². The van der Waals surface area contributed by atoms with Gasteiger partial charge in [0.25, 0.3) is 0 Å². The van der Waals surface area contributed by atoms with E-state index in [1.807, 2.05) is 6.92 Å². The number of benzene rings is 1. The van der Waals surface area contributed by atoms with Gasteiger partial charge in [0.1, 0.15) is 5.75 Å². The van der Waals surface area contributed by atoms with Crippen LogP contribution in [0.2, 0.25) is 0 Å². The van der Waals surface area contributed by atoms with Crippen molar-refractivity contribution in [3.63, 3.8) is 0 Å². The minimum absolute atomic E-state index is 0.0884. The number of unbranched alkanes of at least 4 members (excludes halogenated alkanes) is 7. The Hall–Kier alpha value is -1.02. The van der Waals surface area contributed by atoms with Crippen molar-refractivity contribution in [3.8, 4) is 5.75 Å². The van der Waals surface area contributed by atoms with E-state index in [1.54, 1.807) is 0 Å². The lowest BCUT2D eigenvalue weighted by Crippen LogP contribution is -2.06. The number of hydrogen-bond acceptors (Lipinski definition) is 2. The van der Waals surface area contributed by atoms with Crippen molar-refractivity contribution in [1.82, 2.24) is 0 Å².